The van der Waals surface area contributed by atoms with Gasteiger partial charge in [0.2, 0.25) is 9.84 Å². The predicted octanol–water partition coefficient (Wildman–Crippen LogP) is 1.53. The van der Waals surface area contributed by atoms with E-state index in [9.17, 15) is 13.2 Å². The molecule has 1 aliphatic rings. The second kappa shape index (κ2) is 4.13. The van der Waals surface area contributed by atoms with Crippen LogP contribution in [0.4, 0.5) is 5.69 Å². The Morgan fingerprint density at radius 1 is 1.39 bits per heavy atom. The number of carboxylic acid groups (broad SMARTS) is 1. The summed E-state index contributed by atoms with van der Waals surface area (Å²) >= 11 is 0. The van der Waals surface area contributed by atoms with Gasteiger partial charge in [-0.3, -0.25) is 0 Å². The number of fused-ring (bicyclic) bond motifs is 1. The molecule has 0 unspecified atom stereocenters. The Kier molecular flexibility index (Phi) is 2.90. The molecule has 1 aliphatic heterocycles. The molecular weight excluding hydrogens is 254 g/mol. The summed E-state index contributed by atoms with van der Waals surface area (Å²) in [6.45, 7) is 4.19. The third kappa shape index (κ3) is 1.78. The molecule has 2 rings (SSSR count). The zero-order valence-electron chi connectivity index (χ0n) is 10.0. The van der Waals surface area contributed by atoms with Crippen LogP contribution in [0.2, 0.25) is 0 Å². The number of nitrogens with zero attached hydrogens (tertiary/aromatic N) is 1. The Morgan fingerprint density at radius 3 is 2.61 bits per heavy atom. The topological polar surface area (TPSA) is 74.7 Å². The fourth-order valence-corrected chi connectivity index (χ4v) is 3.34. The van der Waals surface area contributed by atoms with Crippen LogP contribution in [0.3, 0.4) is 0 Å². The molecule has 1 heterocycles. The zero-order valence-corrected chi connectivity index (χ0v) is 10.9. The van der Waals surface area contributed by atoms with Gasteiger partial charge in [0.05, 0.1) is 10.6 Å². The Balaban J connectivity index is 2.76. The van der Waals surface area contributed by atoms with E-state index in [-0.39, 0.29) is 4.90 Å². The summed E-state index contributed by atoms with van der Waals surface area (Å²) in [5.41, 5.74) is 1.46. The summed E-state index contributed by atoms with van der Waals surface area (Å²) in [6.07, 6.45) is 1.18. The molecule has 6 heteroatoms. The summed E-state index contributed by atoms with van der Waals surface area (Å²) in [4.78, 5) is 12.1. The predicted molar refractivity (Wildman–Crippen MR) is 67.1 cm³/mol. The van der Waals surface area contributed by atoms with Crippen molar-refractivity contribution in [2.45, 2.75) is 18.7 Å². The van der Waals surface area contributed by atoms with E-state index >= 15 is 0 Å². The maximum atomic E-state index is 12.1. The van der Waals surface area contributed by atoms with Crippen LogP contribution >= 0.6 is 0 Å². The third-order valence-electron chi connectivity index (χ3n) is 2.83. The van der Waals surface area contributed by atoms with Crippen LogP contribution in [0, 0.1) is 6.92 Å². The molecule has 1 N–H and O–H groups in total. The summed E-state index contributed by atoms with van der Waals surface area (Å²) < 4.78 is 24.3. The number of rotatable bonds is 2. The van der Waals surface area contributed by atoms with Gasteiger partial charge in [0.25, 0.3) is 0 Å². The number of carboxylic acids is 1. The van der Waals surface area contributed by atoms with E-state index in [0.717, 1.165) is 5.56 Å². The SMILES string of the molecule is CCN1C=C(C(=O)O)S(=O)(=O)c2ccc(C)cc21. The largest absolute Gasteiger partial charge is 0.477 e. The average molecular weight is 267 g/mol. The monoisotopic (exact) mass is 267 g/mol. The van der Waals surface area contributed by atoms with Gasteiger partial charge in [-0.15, -0.1) is 0 Å². The highest BCUT2D eigenvalue weighted by Crippen LogP contribution is 2.35. The average Bonchev–Trinajstić information content (AvgIpc) is 2.28. The molecule has 1 aromatic carbocycles. The van der Waals surface area contributed by atoms with Crippen LogP contribution < -0.4 is 4.90 Å². The van der Waals surface area contributed by atoms with Crippen LogP contribution in [0.1, 0.15) is 12.5 Å². The van der Waals surface area contributed by atoms with E-state index < -0.39 is 20.7 Å². The van der Waals surface area contributed by atoms with Crippen molar-refractivity contribution in [1.82, 2.24) is 0 Å². The van der Waals surface area contributed by atoms with Crippen LogP contribution in [0.25, 0.3) is 0 Å². The molecule has 18 heavy (non-hydrogen) atoms. The highest BCUT2D eigenvalue weighted by Gasteiger charge is 2.34. The maximum absolute atomic E-state index is 12.1. The highest BCUT2D eigenvalue weighted by molar-refractivity contribution is 7.96. The molecule has 0 spiro atoms. The molecule has 0 bridgehead atoms. The highest BCUT2D eigenvalue weighted by atomic mass is 32.2. The molecule has 0 aromatic heterocycles. The lowest BCUT2D eigenvalue weighted by Gasteiger charge is -2.27. The first kappa shape index (κ1) is 12.6. The standard InChI is InChI=1S/C12H13NO4S/c1-3-13-7-11(12(14)15)18(16,17)10-5-4-8(2)6-9(10)13/h4-7H,3H2,1-2H3,(H,14,15). The maximum Gasteiger partial charge on any atom is 0.349 e. The number of hydrogen-bond donors (Lipinski definition) is 1. The fraction of sp³-hybridized carbons (Fsp3) is 0.250. The van der Waals surface area contributed by atoms with Gasteiger partial charge in [0.1, 0.15) is 0 Å². The lowest BCUT2D eigenvalue weighted by Crippen LogP contribution is -2.28. The van der Waals surface area contributed by atoms with Crippen molar-refractivity contribution in [2.75, 3.05) is 11.4 Å². The summed E-state index contributed by atoms with van der Waals surface area (Å²) in [5.74, 6) is -1.43. The Labute approximate surface area is 105 Å². The van der Waals surface area contributed by atoms with Crippen molar-refractivity contribution >= 4 is 21.5 Å². The van der Waals surface area contributed by atoms with E-state index in [2.05, 4.69) is 0 Å². The minimum atomic E-state index is -3.92. The molecule has 0 saturated heterocycles. The quantitative estimate of drug-likeness (QED) is 0.879. The van der Waals surface area contributed by atoms with Gasteiger partial charge < -0.3 is 10.0 Å². The smallest absolute Gasteiger partial charge is 0.349 e. The van der Waals surface area contributed by atoms with Crippen molar-refractivity contribution in [3.8, 4) is 0 Å². The number of carbonyl (C=O) groups is 1. The van der Waals surface area contributed by atoms with Gasteiger partial charge in [-0.1, -0.05) is 6.07 Å². The van der Waals surface area contributed by atoms with Gasteiger partial charge in [-0.25, -0.2) is 13.2 Å². The summed E-state index contributed by atoms with van der Waals surface area (Å²) in [7, 11) is -3.92. The molecule has 0 fully saturated rings. The third-order valence-corrected chi connectivity index (χ3v) is 4.61. The van der Waals surface area contributed by atoms with Crippen LogP contribution in [0.15, 0.2) is 34.2 Å². The Bertz CT molecular complexity index is 646. The number of hydrogen-bond acceptors (Lipinski definition) is 4. The molecule has 0 saturated carbocycles. The minimum absolute atomic E-state index is 0.0508. The van der Waals surface area contributed by atoms with Gasteiger partial charge in [-0.2, -0.15) is 0 Å². The summed E-state index contributed by atoms with van der Waals surface area (Å²) in [6, 6.07) is 4.86. The Morgan fingerprint density at radius 2 is 2.06 bits per heavy atom. The normalized spacial score (nSPS) is 17.0. The van der Waals surface area contributed by atoms with E-state index in [1.165, 1.54) is 12.3 Å². The van der Waals surface area contributed by atoms with Gasteiger partial charge >= 0.3 is 5.97 Å². The van der Waals surface area contributed by atoms with Crippen LogP contribution in [-0.2, 0) is 14.6 Å². The van der Waals surface area contributed by atoms with E-state index in [0.29, 0.717) is 12.2 Å². The molecule has 5 nitrogen and oxygen atoms in total. The van der Waals surface area contributed by atoms with Crippen molar-refractivity contribution in [2.24, 2.45) is 0 Å². The molecule has 0 amide bonds. The minimum Gasteiger partial charge on any atom is -0.477 e. The first-order valence-corrected chi connectivity index (χ1v) is 6.93. The molecule has 0 radical (unpaired) electrons. The lowest BCUT2D eigenvalue weighted by molar-refractivity contribution is -0.131. The first-order chi connectivity index (χ1) is 8.37. The van der Waals surface area contributed by atoms with E-state index in [1.807, 2.05) is 13.8 Å². The van der Waals surface area contributed by atoms with Gasteiger partial charge in [0, 0.05) is 12.7 Å². The number of benzene rings is 1. The molecular formula is C12H13NO4S. The molecule has 96 valence electrons. The molecule has 1 aromatic rings. The number of aliphatic carboxylic acids is 1. The Hall–Kier alpha value is -1.82. The first-order valence-electron chi connectivity index (χ1n) is 5.45. The van der Waals surface area contributed by atoms with Gasteiger partial charge in [-0.05, 0) is 31.5 Å². The number of sulfone groups is 1. The van der Waals surface area contributed by atoms with Gasteiger partial charge in [0.15, 0.2) is 4.91 Å². The second-order valence-electron chi connectivity index (χ2n) is 4.06. The van der Waals surface area contributed by atoms with Crippen LogP contribution in [0.5, 0.6) is 0 Å². The van der Waals surface area contributed by atoms with Crippen LogP contribution in [-0.4, -0.2) is 26.0 Å². The van der Waals surface area contributed by atoms with E-state index in [4.69, 9.17) is 5.11 Å². The zero-order chi connectivity index (χ0) is 13.5. The lowest BCUT2D eigenvalue weighted by atomic mass is 10.2. The fourth-order valence-electron chi connectivity index (χ4n) is 1.91. The van der Waals surface area contributed by atoms with Crippen molar-refractivity contribution < 1.29 is 18.3 Å². The van der Waals surface area contributed by atoms with Crippen molar-refractivity contribution in [1.29, 1.82) is 0 Å². The number of aryl methyl sites for hydroxylation is 1. The molecule has 0 aliphatic carbocycles. The second-order valence-corrected chi connectivity index (χ2v) is 5.95. The van der Waals surface area contributed by atoms with Crippen molar-refractivity contribution in [3.63, 3.8) is 0 Å². The van der Waals surface area contributed by atoms with E-state index in [1.54, 1.807) is 17.0 Å². The summed E-state index contributed by atoms with van der Waals surface area (Å²) in [5, 5.41) is 8.99. The molecule has 0 atom stereocenters. The number of anilines is 1. The van der Waals surface area contributed by atoms with Crippen molar-refractivity contribution in [3.05, 3.63) is 34.9 Å².